The summed E-state index contributed by atoms with van der Waals surface area (Å²) >= 11 is 6.12. The summed E-state index contributed by atoms with van der Waals surface area (Å²) in [5, 5.41) is 6.44. The lowest BCUT2D eigenvalue weighted by Gasteiger charge is -2.13. The summed E-state index contributed by atoms with van der Waals surface area (Å²) < 4.78 is 5.52. The average Bonchev–Trinajstić information content (AvgIpc) is 2.56. The number of hydrogen-bond donors (Lipinski definition) is 2. The van der Waals surface area contributed by atoms with E-state index in [2.05, 4.69) is 17.6 Å². The number of ether oxygens (including phenoxy) is 1. The molecule has 2 N–H and O–H groups in total. The molecule has 0 unspecified atom stereocenters. The van der Waals surface area contributed by atoms with Crippen LogP contribution >= 0.6 is 11.6 Å². The predicted octanol–water partition coefficient (Wildman–Crippen LogP) is 4.35. The number of rotatable bonds is 7. The Labute approximate surface area is 141 Å². The minimum absolute atomic E-state index is 0.128. The summed E-state index contributed by atoms with van der Waals surface area (Å²) in [4.78, 5) is 12.0. The molecule has 0 bridgehead atoms. The summed E-state index contributed by atoms with van der Waals surface area (Å²) in [5.74, 6) is 0.438. The molecule has 0 saturated carbocycles. The van der Waals surface area contributed by atoms with Crippen molar-refractivity contribution < 1.29 is 9.53 Å². The molecule has 0 spiro atoms. The summed E-state index contributed by atoms with van der Waals surface area (Å²) in [5.41, 5.74) is 2.72. The van der Waals surface area contributed by atoms with Gasteiger partial charge in [-0.25, -0.2) is 0 Å². The van der Waals surface area contributed by atoms with E-state index in [-0.39, 0.29) is 12.5 Å². The SMILES string of the molecule is CCOc1c(Cl)cccc1NCC(=O)Nc1ccc(CC)cc1. The highest BCUT2D eigenvalue weighted by Crippen LogP contribution is 2.32. The third-order valence-electron chi connectivity index (χ3n) is 3.34. The lowest BCUT2D eigenvalue weighted by atomic mass is 10.1. The largest absolute Gasteiger partial charge is 0.490 e. The van der Waals surface area contributed by atoms with Crippen molar-refractivity contribution in [3.05, 3.63) is 53.1 Å². The number of nitrogens with one attached hydrogen (secondary N) is 2. The van der Waals surface area contributed by atoms with Crippen molar-refractivity contribution in [2.45, 2.75) is 20.3 Å². The van der Waals surface area contributed by atoms with Crippen molar-refractivity contribution >= 4 is 28.9 Å². The maximum atomic E-state index is 12.0. The van der Waals surface area contributed by atoms with Crippen LogP contribution in [0, 0.1) is 0 Å². The molecule has 1 amide bonds. The second kappa shape index (κ2) is 8.44. The topological polar surface area (TPSA) is 50.4 Å². The fourth-order valence-corrected chi connectivity index (χ4v) is 2.37. The number of hydrogen-bond acceptors (Lipinski definition) is 3. The molecular formula is C18H21ClN2O2. The smallest absolute Gasteiger partial charge is 0.243 e. The van der Waals surface area contributed by atoms with Gasteiger partial charge in [-0.2, -0.15) is 0 Å². The normalized spacial score (nSPS) is 10.2. The van der Waals surface area contributed by atoms with Gasteiger partial charge in [-0.15, -0.1) is 0 Å². The molecule has 2 aromatic carbocycles. The van der Waals surface area contributed by atoms with E-state index < -0.39 is 0 Å². The Morgan fingerprint density at radius 1 is 1.13 bits per heavy atom. The van der Waals surface area contributed by atoms with Crippen LogP contribution in [0.4, 0.5) is 11.4 Å². The lowest BCUT2D eigenvalue weighted by molar-refractivity contribution is -0.114. The number of halogens is 1. The van der Waals surface area contributed by atoms with Crippen LogP contribution in [0.1, 0.15) is 19.4 Å². The first kappa shape index (κ1) is 17.2. The summed E-state index contributed by atoms with van der Waals surface area (Å²) in [6, 6.07) is 13.2. The molecule has 2 rings (SSSR count). The number of anilines is 2. The van der Waals surface area contributed by atoms with E-state index in [9.17, 15) is 4.79 Å². The van der Waals surface area contributed by atoms with Crippen molar-refractivity contribution in [3.8, 4) is 5.75 Å². The van der Waals surface area contributed by atoms with E-state index in [0.717, 1.165) is 12.1 Å². The zero-order chi connectivity index (χ0) is 16.7. The zero-order valence-electron chi connectivity index (χ0n) is 13.4. The number of benzene rings is 2. The van der Waals surface area contributed by atoms with Gasteiger partial charge in [-0.05, 0) is 43.2 Å². The van der Waals surface area contributed by atoms with Gasteiger partial charge < -0.3 is 15.4 Å². The molecule has 0 fully saturated rings. The molecule has 0 aliphatic heterocycles. The molecule has 0 atom stereocenters. The number of aryl methyl sites for hydroxylation is 1. The Hall–Kier alpha value is -2.20. The van der Waals surface area contributed by atoms with Crippen LogP contribution in [-0.2, 0) is 11.2 Å². The van der Waals surface area contributed by atoms with Crippen LogP contribution in [0.3, 0.4) is 0 Å². The Bertz CT molecular complexity index is 657. The van der Waals surface area contributed by atoms with Gasteiger partial charge in [0.15, 0.2) is 5.75 Å². The monoisotopic (exact) mass is 332 g/mol. The predicted molar refractivity (Wildman–Crippen MR) is 95.6 cm³/mol. The third-order valence-corrected chi connectivity index (χ3v) is 3.64. The van der Waals surface area contributed by atoms with Crippen molar-refractivity contribution in [1.82, 2.24) is 0 Å². The maximum Gasteiger partial charge on any atom is 0.243 e. The molecule has 0 aliphatic rings. The van der Waals surface area contributed by atoms with Gasteiger partial charge in [-0.1, -0.05) is 36.7 Å². The van der Waals surface area contributed by atoms with Crippen LogP contribution in [0.5, 0.6) is 5.75 Å². The molecule has 0 aromatic heterocycles. The van der Waals surface area contributed by atoms with Crippen molar-refractivity contribution in [2.24, 2.45) is 0 Å². The first-order valence-corrected chi connectivity index (χ1v) is 8.05. The van der Waals surface area contributed by atoms with Crippen LogP contribution in [0.15, 0.2) is 42.5 Å². The molecule has 2 aromatic rings. The van der Waals surface area contributed by atoms with Crippen molar-refractivity contribution in [2.75, 3.05) is 23.8 Å². The highest BCUT2D eigenvalue weighted by atomic mass is 35.5. The van der Waals surface area contributed by atoms with Crippen molar-refractivity contribution in [3.63, 3.8) is 0 Å². The number of carbonyl (C=O) groups is 1. The molecule has 0 saturated heterocycles. The minimum atomic E-state index is -0.128. The van der Waals surface area contributed by atoms with Crippen LogP contribution in [0.2, 0.25) is 5.02 Å². The minimum Gasteiger partial charge on any atom is -0.490 e. The first-order valence-electron chi connectivity index (χ1n) is 7.68. The Balaban J connectivity index is 1.95. The van der Waals surface area contributed by atoms with E-state index in [1.54, 1.807) is 6.07 Å². The maximum absolute atomic E-state index is 12.0. The molecule has 4 nitrogen and oxygen atoms in total. The Kier molecular flexibility index (Phi) is 6.29. The van der Waals surface area contributed by atoms with Gasteiger partial charge in [0, 0.05) is 5.69 Å². The fraction of sp³-hybridized carbons (Fsp3) is 0.278. The average molecular weight is 333 g/mol. The van der Waals surface area contributed by atoms with Gasteiger partial charge >= 0.3 is 0 Å². The Morgan fingerprint density at radius 2 is 1.87 bits per heavy atom. The quantitative estimate of drug-likeness (QED) is 0.792. The van der Waals surface area contributed by atoms with Crippen LogP contribution in [-0.4, -0.2) is 19.1 Å². The number of para-hydroxylation sites is 1. The van der Waals surface area contributed by atoms with E-state index in [1.165, 1.54) is 5.56 Å². The van der Waals surface area contributed by atoms with E-state index in [1.807, 2.05) is 43.3 Å². The number of carbonyl (C=O) groups excluding carboxylic acids is 1. The van der Waals surface area contributed by atoms with Crippen LogP contribution in [0.25, 0.3) is 0 Å². The van der Waals surface area contributed by atoms with E-state index in [0.29, 0.717) is 23.1 Å². The lowest BCUT2D eigenvalue weighted by Crippen LogP contribution is -2.22. The van der Waals surface area contributed by atoms with E-state index in [4.69, 9.17) is 16.3 Å². The Morgan fingerprint density at radius 3 is 2.52 bits per heavy atom. The molecule has 122 valence electrons. The van der Waals surface area contributed by atoms with Crippen molar-refractivity contribution in [1.29, 1.82) is 0 Å². The number of amides is 1. The molecule has 0 radical (unpaired) electrons. The van der Waals surface area contributed by atoms with Gasteiger partial charge in [0.25, 0.3) is 0 Å². The summed E-state index contributed by atoms with van der Waals surface area (Å²) in [6.07, 6.45) is 0.977. The first-order chi connectivity index (χ1) is 11.1. The third kappa shape index (κ3) is 4.89. The second-order valence-electron chi connectivity index (χ2n) is 5.00. The van der Waals surface area contributed by atoms with Gasteiger partial charge in [0.1, 0.15) is 0 Å². The molecule has 0 heterocycles. The molecular weight excluding hydrogens is 312 g/mol. The van der Waals surface area contributed by atoms with Gasteiger partial charge in [0.05, 0.1) is 23.9 Å². The molecule has 0 aliphatic carbocycles. The highest BCUT2D eigenvalue weighted by molar-refractivity contribution is 6.32. The summed E-state index contributed by atoms with van der Waals surface area (Å²) in [6.45, 7) is 4.63. The van der Waals surface area contributed by atoms with Crippen LogP contribution < -0.4 is 15.4 Å². The highest BCUT2D eigenvalue weighted by Gasteiger charge is 2.09. The fourth-order valence-electron chi connectivity index (χ4n) is 2.14. The summed E-state index contributed by atoms with van der Waals surface area (Å²) in [7, 11) is 0. The van der Waals surface area contributed by atoms with Gasteiger partial charge in [0.2, 0.25) is 5.91 Å². The zero-order valence-corrected chi connectivity index (χ0v) is 14.1. The second-order valence-corrected chi connectivity index (χ2v) is 5.41. The molecule has 5 heteroatoms. The standard InChI is InChI=1S/C18H21ClN2O2/c1-3-13-8-10-14(11-9-13)21-17(22)12-20-16-7-5-6-15(19)18(16)23-4-2/h5-11,20H,3-4,12H2,1-2H3,(H,21,22). The van der Waals surface area contributed by atoms with Gasteiger partial charge in [-0.3, -0.25) is 4.79 Å². The van der Waals surface area contributed by atoms with E-state index >= 15 is 0 Å². The molecule has 23 heavy (non-hydrogen) atoms.